The van der Waals surface area contributed by atoms with Gasteiger partial charge in [0.2, 0.25) is 0 Å². The van der Waals surface area contributed by atoms with Gasteiger partial charge in [-0.25, -0.2) is 11.1 Å². The maximum Gasteiger partial charge on any atom is 0.0680 e. The second kappa shape index (κ2) is 6.03. The number of hydrogen-bond donors (Lipinski definition) is 0. The fourth-order valence-electron chi connectivity index (χ4n) is 1.94. The lowest BCUT2D eigenvalue weighted by Crippen LogP contribution is -2.05. The van der Waals surface area contributed by atoms with Gasteiger partial charge in [0, 0.05) is 13.4 Å². The van der Waals surface area contributed by atoms with E-state index in [0.29, 0.717) is 0 Å². The van der Waals surface area contributed by atoms with Crippen LogP contribution in [0.15, 0.2) is 60.4 Å². The van der Waals surface area contributed by atoms with Gasteiger partial charge in [0.25, 0.3) is 0 Å². The molecule has 2 nitrogen and oxygen atoms in total. The molecule has 0 saturated carbocycles. The summed E-state index contributed by atoms with van der Waals surface area (Å²) in [6.07, 6.45) is 9.87. The molecule has 2 heteroatoms. The van der Waals surface area contributed by atoms with Crippen LogP contribution in [-0.2, 0) is 9.47 Å². The Balaban J connectivity index is 2.38. The van der Waals surface area contributed by atoms with Gasteiger partial charge in [-0.1, -0.05) is 12.2 Å². The molecule has 1 aliphatic rings. The van der Waals surface area contributed by atoms with Gasteiger partial charge in [0.1, 0.15) is 0 Å². The maximum atomic E-state index is 5.12. The smallest absolute Gasteiger partial charge is 0.0680 e. The summed E-state index contributed by atoms with van der Waals surface area (Å²) in [4.78, 5) is 0. The molecule has 0 N–H and O–H groups in total. The fraction of sp³-hybridized carbons (Fsp3) is 0.125. The number of methoxy groups -OCH3 is 2. The monoisotopic (exact) mass is 240 g/mol. The lowest BCUT2D eigenvalue weighted by Gasteiger charge is -2.32. The van der Waals surface area contributed by atoms with E-state index >= 15 is 0 Å². The molecule has 0 radical (unpaired) electrons. The van der Waals surface area contributed by atoms with E-state index < -0.39 is 0 Å². The zero-order valence-corrected chi connectivity index (χ0v) is 10.6. The van der Waals surface area contributed by atoms with Crippen LogP contribution >= 0.6 is 0 Å². The third-order valence-corrected chi connectivity index (χ3v) is 2.70. The highest BCUT2D eigenvalue weighted by Crippen LogP contribution is 2.31. The van der Waals surface area contributed by atoms with Crippen molar-refractivity contribution in [1.29, 1.82) is 0 Å². The summed E-state index contributed by atoms with van der Waals surface area (Å²) in [6, 6.07) is 8.12. The Bertz CT molecular complexity index is 484. The maximum absolute atomic E-state index is 5.12. The van der Waals surface area contributed by atoms with E-state index in [1.54, 1.807) is 27.1 Å². The van der Waals surface area contributed by atoms with Crippen LogP contribution in [0.5, 0.6) is 0 Å². The van der Waals surface area contributed by atoms with Crippen molar-refractivity contribution in [2.24, 2.45) is 0 Å². The summed E-state index contributed by atoms with van der Waals surface area (Å²) in [5, 5.41) is 0. The third kappa shape index (κ3) is 2.60. The van der Waals surface area contributed by atoms with E-state index in [-0.39, 0.29) is 0 Å². The Morgan fingerprint density at radius 3 is 2.78 bits per heavy atom. The van der Waals surface area contributed by atoms with Gasteiger partial charge in [-0.3, -0.25) is 0 Å². The van der Waals surface area contributed by atoms with Crippen LogP contribution in [0.4, 0.5) is 0 Å². The minimum Gasteiger partial charge on any atom is -0.533 e. The van der Waals surface area contributed by atoms with Gasteiger partial charge < -0.3 is 9.47 Å². The Morgan fingerprint density at radius 1 is 1.17 bits per heavy atom. The Morgan fingerprint density at radius 2 is 2.00 bits per heavy atom. The molecule has 0 aromatic heterocycles. The summed E-state index contributed by atoms with van der Waals surface area (Å²) >= 11 is 0. The van der Waals surface area contributed by atoms with Crippen LogP contribution in [0, 0.1) is 12.5 Å². The molecule has 0 heterocycles. The quantitative estimate of drug-likeness (QED) is 0.593. The van der Waals surface area contributed by atoms with Gasteiger partial charge in [0.05, 0.1) is 7.11 Å². The molecule has 0 spiro atoms. The molecule has 0 bridgehead atoms. The van der Waals surface area contributed by atoms with Crippen molar-refractivity contribution >= 4 is 0 Å². The Labute approximate surface area is 108 Å². The van der Waals surface area contributed by atoms with Crippen molar-refractivity contribution in [3.8, 4) is 0 Å². The SMILES string of the molecule is CO/C=C1/C=CC=C[C-]1c1ccccc1[CH-]OC. The lowest BCUT2D eigenvalue weighted by atomic mass is 9.86. The molecule has 18 heavy (non-hydrogen) atoms. The average Bonchev–Trinajstić information content (AvgIpc) is 2.41. The normalized spacial score (nSPS) is 16.1. The van der Waals surface area contributed by atoms with Crippen molar-refractivity contribution in [3.63, 3.8) is 0 Å². The minimum atomic E-state index is 1.05. The van der Waals surface area contributed by atoms with E-state index in [0.717, 1.165) is 22.6 Å². The molecular weight excluding hydrogens is 224 g/mol. The summed E-state index contributed by atoms with van der Waals surface area (Å²) in [5.74, 6) is 1.13. The van der Waals surface area contributed by atoms with Gasteiger partial charge >= 0.3 is 0 Å². The van der Waals surface area contributed by atoms with Gasteiger partial charge in [-0.2, -0.15) is 12.1 Å². The fourth-order valence-corrected chi connectivity index (χ4v) is 1.94. The highest BCUT2D eigenvalue weighted by molar-refractivity contribution is 5.59. The molecule has 0 aliphatic heterocycles. The molecule has 1 aromatic rings. The molecular formula is C16H16O2-2. The van der Waals surface area contributed by atoms with Crippen molar-refractivity contribution in [2.75, 3.05) is 14.2 Å². The highest BCUT2D eigenvalue weighted by atomic mass is 16.5. The zero-order valence-electron chi connectivity index (χ0n) is 10.6. The molecule has 1 aliphatic carbocycles. The van der Waals surface area contributed by atoms with E-state index in [9.17, 15) is 0 Å². The molecule has 2 rings (SSSR count). The van der Waals surface area contributed by atoms with E-state index in [1.807, 2.05) is 36.4 Å². The first-order chi connectivity index (χ1) is 8.86. The lowest BCUT2D eigenvalue weighted by molar-refractivity contribution is 0.292. The van der Waals surface area contributed by atoms with Crippen molar-refractivity contribution in [2.45, 2.75) is 0 Å². The van der Waals surface area contributed by atoms with Gasteiger partial charge in [0.15, 0.2) is 0 Å². The first kappa shape index (κ1) is 12.4. The van der Waals surface area contributed by atoms with Crippen molar-refractivity contribution in [1.82, 2.24) is 0 Å². The molecule has 0 unspecified atom stereocenters. The topological polar surface area (TPSA) is 18.5 Å². The first-order valence-corrected chi connectivity index (χ1v) is 5.77. The highest BCUT2D eigenvalue weighted by Gasteiger charge is 2.05. The molecule has 1 aromatic carbocycles. The van der Waals surface area contributed by atoms with Crippen LogP contribution in [0.25, 0.3) is 0 Å². The summed E-state index contributed by atoms with van der Waals surface area (Å²) in [5.41, 5.74) is 3.23. The molecule has 0 atom stereocenters. The van der Waals surface area contributed by atoms with E-state index in [1.165, 1.54) is 0 Å². The van der Waals surface area contributed by atoms with Crippen LogP contribution in [0.1, 0.15) is 11.1 Å². The summed E-state index contributed by atoms with van der Waals surface area (Å²) in [7, 11) is 3.31. The van der Waals surface area contributed by atoms with Gasteiger partial charge in [-0.05, 0) is 0 Å². The molecule has 0 saturated heterocycles. The number of ether oxygens (including phenoxy) is 2. The number of hydrogen-bond acceptors (Lipinski definition) is 2. The Kier molecular flexibility index (Phi) is 4.15. The standard InChI is InChI=1S/C16H16O2/c1-17-11-13-7-3-5-9-15(13)16-10-6-4-8-14(16)12-18-2/h3-12H,1-2H3/q-2/b13-11-. The minimum absolute atomic E-state index is 1.05. The number of allylic oxidation sites excluding steroid dienone is 5. The predicted molar refractivity (Wildman–Crippen MR) is 72.6 cm³/mol. The second-order valence-corrected chi connectivity index (χ2v) is 3.88. The van der Waals surface area contributed by atoms with Crippen LogP contribution in [0.3, 0.4) is 0 Å². The average molecular weight is 240 g/mol. The molecule has 0 amide bonds. The number of rotatable bonds is 4. The number of benzene rings is 1. The van der Waals surface area contributed by atoms with Gasteiger partial charge in [-0.15, -0.1) is 42.4 Å². The third-order valence-electron chi connectivity index (χ3n) is 2.70. The van der Waals surface area contributed by atoms with Crippen LogP contribution in [-0.4, -0.2) is 14.2 Å². The predicted octanol–water partition coefficient (Wildman–Crippen LogP) is 3.42. The second-order valence-electron chi connectivity index (χ2n) is 3.88. The zero-order chi connectivity index (χ0) is 12.8. The first-order valence-electron chi connectivity index (χ1n) is 5.77. The van der Waals surface area contributed by atoms with Crippen LogP contribution in [0.2, 0.25) is 0 Å². The van der Waals surface area contributed by atoms with Crippen molar-refractivity contribution < 1.29 is 9.47 Å². The summed E-state index contributed by atoms with van der Waals surface area (Å²) in [6.45, 7) is 1.75. The molecule has 0 fully saturated rings. The molecule has 94 valence electrons. The summed E-state index contributed by atoms with van der Waals surface area (Å²) < 4.78 is 10.2. The van der Waals surface area contributed by atoms with E-state index in [2.05, 4.69) is 12.1 Å². The largest absolute Gasteiger partial charge is 0.533 e. The van der Waals surface area contributed by atoms with Crippen LogP contribution < -0.4 is 0 Å². The van der Waals surface area contributed by atoms with Crippen molar-refractivity contribution in [3.05, 3.63) is 84.1 Å². The van der Waals surface area contributed by atoms with E-state index in [4.69, 9.17) is 9.47 Å². The Hall–Kier alpha value is -2.06.